The Balaban J connectivity index is 1.28. The molecule has 6 rings (SSSR count). The minimum atomic E-state index is -0.983. The van der Waals surface area contributed by atoms with Crippen molar-refractivity contribution in [3.63, 3.8) is 0 Å². The third kappa shape index (κ3) is 6.27. The Morgan fingerprint density at radius 3 is 2.47 bits per heavy atom. The van der Waals surface area contributed by atoms with Crippen LogP contribution in [-0.2, 0) is 20.8 Å². The van der Waals surface area contributed by atoms with Crippen LogP contribution in [0.4, 0.5) is 10.9 Å². The van der Waals surface area contributed by atoms with Crippen LogP contribution in [-0.4, -0.2) is 45.9 Å². The van der Waals surface area contributed by atoms with Gasteiger partial charge in [-0.1, -0.05) is 66.7 Å². The average Bonchev–Trinajstić information content (AvgIpc) is 3.68. The maximum atomic E-state index is 14.0. The minimum absolute atomic E-state index is 0.0984. The number of amides is 2. The topological polar surface area (TPSA) is 104 Å². The summed E-state index contributed by atoms with van der Waals surface area (Å²) in [5.41, 5.74) is 4.55. The van der Waals surface area contributed by atoms with Crippen molar-refractivity contribution in [2.24, 2.45) is 11.8 Å². The number of rotatable bonds is 8. The van der Waals surface area contributed by atoms with Crippen LogP contribution in [0.25, 0.3) is 22.4 Å². The highest BCUT2D eigenvalue weighted by molar-refractivity contribution is 7.14. The standard InChI is InChI=1S/C34H32N4O4S/c39-31-14-8-18-37(31)30-16-15-25(21-35-30)26-12-4-5-13-27(26)29-22-43-34(36-29)38-17-7-6-11-24(19-23-9-2-1-3-10-23)28(33(38)42)20-32(40)41/h1-7,9-10,12-13,15-16,21-22,24,28H,8,11,14,17-20H2,(H,40,41). The minimum Gasteiger partial charge on any atom is -0.481 e. The number of anilines is 2. The van der Waals surface area contributed by atoms with E-state index in [9.17, 15) is 19.5 Å². The molecule has 0 saturated carbocycles. The van der Waals surface area contributed by atoms with E-state index in [1.165, 1.54) is 11.3 Å². The van der Waals surface area contributed by atoms with Gasteiger partial charge in [-0.05, 0) is 48.4 Å². The molecule has 1 fully saturated rings. The monoisotopic (exact) mass is 592 g/mol. The van der Waals surface area contributed by atoms with Gasteiger partial charge in [0.2, 0.25) is 11.8 Å². The number of pyridine rings is 1. The summed E-state index contributed by atoms with van der Waals surface area (Å²) in [5.74, 6) is -1.25. The maximum absolute atomic E-state index is 14.0. The molecule has 2 aromatic carbocycles. The van der Waals surface area contributed by atoms with Crippen molar-refractivity contribution in [2.45, 2.75) is 32.1 Å². The molecule has 4 heterocycles. The van der Waals surface area contributed by atoms with Crippen LogP contribution in [0.2, 0.25) is 0 Å². The number of benzene rings is 2. The number of allylic oxidation sites excluding steroid dienone is 1. The van der Waals surface area contributed by atoms with E-state index in [0.717, 1.165) is 34.4 Å². The Kier molecular flexibility index (Phi) is 8.42. The van der Waals surface area contributed by atoms with Crippen LogP contribution >= 0.6 is 11.3 Å². The van der Waals surface area contributed by atoms with Crippen molar-refractivity contribution in [1.82, 2.24) is 9.97 Å². The molecular weight excluding hydrogens is 560 g/mol. The molecule has 9 heteroatoms. The molecule has 0 aliphatic carbocycles. The van der Waals surface area contributed by atoms with Gasteiger partial charge in [-0.3, -0.25) is 24.2 Å². The molecule has 2 atom stereocenters. The number of hydrogen-bond donors (Lipinski definition) is 1. The molecule has 0 radical (unpaired) electrons. The van der Waals surface area contributed by atoms with Gasteiger partial charge >= 0.3 is 5.97 Å². The number of carbonyl (C=O) groups excluding carboxylic acids is 2. The van der Waals surface area contributed by atoms with Gasteiger partial charge in [-0.15, -0.1) is 11.3 Å². The van der Waals surface area contributed by atoms with Crippen LogP contribution in [0.3, 0.4) is 0 Å². The van der Waals surface area contributed by atoms with E-state index < -0.39 is 11.9 Å². The molecule has 2 aliphatic heterocycles. The van der Waals surface area contributed by atoms with Crippen molar-refractivity contribution in [3.05, 3.63) is 96.0 Å². The van der Waals surface area contributed by atoms with E-state index in [-0.39, 0.29) is 24.2 Å². The number of aliphatic carboxylic acids is 1. The number of carboxylic acids is 1. The van der Waals surface area contributed by atoms with Crippen molar-refractivity contribution >= 4 is 40.1 Å². The summed E-state index contributed by atoms with van der Waals surface area (Å²) in [5, 5.41) is 12.2. The van der Waals surface area contributed by atoms with Gasteiger partial charge in [0.1, 0.15) is 5.82 Å². The number of thiazole rings is 1. The molecule has 1 saturated heterocycles. The van der Waals surface area contributed by atoms with E-state index in [2.05, 4.69) is 11.1 Å². The highest BCUT2D eigenvalue weighted by Gasteiger charge is 2.35. The van der Waals surface area contributed by atoms with Gasteiger partial charge in [0.05, 0.1) is 18.0 Å². The van der Waals surface area contributed by atoms with Gasteiger partial charge in [-0.2, -0.15) is 0 Å². The van der Waals surface area contributed by atoms with Crippen molar-refractivity contribution in [1.29, 1.82) is 0 Å². The Morgan fingerprint density at radius 2 is 1.74 bits per heavy atom. The van der Waals surface area contributed by atoms with Crippen LogP contribution in [0.15, 0.2) is 90.5 Å². The molecule has 2 aliphatic rings. The van der Waals surface area contributed by atoms with Gasteiger partial charge in [0.15, 0.2) is 5.13 Å². The maximum Gasteiger partial charge on any atom is 0.304 e. The number of carboxylic acid groups (broad SMARTS) is 1. The lowest BCUT2D eigenvalue weighted by Crippen LogP contribution is -2.42. The normalized spacial score (nSPS) is 19.0. The van der Waals surface area contributed by atoms with Crippen LogP contribution in [0.1, 0.15) is 31.2 Å². The zero-order chi connectivity index (χ0) is 29.8. The second kappa shape index (κ2) is 12.7. The third-order valence-corrected chi connectivity index (χ3v) is 8.98. The molecule has 2 amide bonds. The molecule has 0 bridgehead atoms. The Hall–Kier alpha value is -4.63. The molecule has 43 heavy (non-hydrogen) atoms. The predicted molar refractivity (Wildman–Crippen MR) is 168 cm³/mol. The average molecular weight is 593 g/mol. The Labute approximate surface area is 254 Å². The first kappa shape index (κ1) is 28.5. The number of hydrogen-bond acceptors (Lipinski definition) is 6. The van der Waals surface area contributed by atoms with Gasteiger partial charge < -0.3 is 5.11 Å². The summed E-state index contributed by atoms with van der Waals surface area (Å²) >= 11 is 1.37. The summed E-state index contributed by atoms with van der Waals surface area (Å²) < 4.78 is 0. The Morgan fingerprint density at radius 1 is 0.953 bits per heavy atom. The van der Waals surface area contributed by atoms with E-state index in [1.54, 1.807) is 16.0 Å². The summed E-state index contributed by atoms with van der Waals surface area (Å²) in [6.45, 7) is 1.02. The first-order chi connectivity index (χ1) is 21.0. The zero-order valence-electron chi connectivity index (χ0n) is 23.6. The fourth-order valence-corrected chi connectivity index (χ4v) is 6.77. The van der Waals surface area contributed by atoms with Crippen LogP contribution in [0, 0.1) is 11.8 Å². The van der Waals surface area contributed by atoms with Crippen LogP contribution in [0.5, 0.6) is 0 Å². The second-order valence-electron chi connectivity index (χ2n) is 10.9. The van der Waals surface area contributed by atoms with E-state index in [1.807, 2.05) is 78.2 Å². The molecule has 2 aromatic heterocycles. The second-order valence-corrected chi connectivity index (χ2v) is 11.8. The summed E-state index contributed by atoms with van der Waals surface area (Å²) in [6.07, 6.45) is 8.24. The molecule has 2 unspecified atom stereocenters. The molecule has 1 N–H and O–H groups in total. The molecule has 218 valence electrons. The first-order valence-electron chi connectivity index (χ1n) is 14.5. The SMILES string of the molecule is O=C(O)CC1C(=O)N(c2nc(-c3ccccc3-c3ccc(N4CCCC4=O)nc3)cs2)CC=CCC1Cc1ccccc1. The molecule has 4 aromatic rings. The highest BCUT2D eigenvalue weighted by Crippen LogP contribution is 2.37. The summed E-state index contributed by atoms with van der Waals surface area (Å²) in [6, 6.07) is 21.6. The van der Waals surface area contributed by atoms with E-state index in [0.29, 0.717) is 43.3 Å². The lowest BCUT2D eigenvalue weighted by Gasteiger charge is -2.31. The smallest absolute Gasteiger partial charge is 0.304 e. The fraction of sp³-hybridized carbons (Fsp3) is 0.265. The van der Waals surface area contributed by atoms with Crippen LogP contribution < -0.4 is 9.80 Å². The van der Waals surface area contributed by atoms with Crippen molar-refractivity contribution in [3.8, 4) is 22.4 Å². The zero-order valence-corrected chi connectivity index (χ0v) is 24.5. The van der Waals surface area contributed by atoms with Gasteiger partial charge in [0.25, 0.3) is 0 Å². The van der Waals surface area contributed by atoms with Crippen molar-refractivity contribution in [2.75, 3.05) is 22.9 Å². The number of nitrogens with zero attached hydrogens (tertiary/aromatic N) is 4. The van der Waals surface area contributed by atoms with Gasteiger partial charge in [0, 0.05) is 42.2 Å². The lowest BCUT2D eigenvalue weighted by atomic mass is 9.80. The highest BCUT2D eigenvalue weighted by atomic mass is 32.1. The molecular formula is C34H32N4O4S. The summed E-state index contributed by atoms with van der Waals surface area (Å²) in [7, 11) is 0. The summed E-state index contributed by atoms with van der Waals surface area (Å²) in [4.78, 5) is 50.9. The largest absolute Gasteiger partial charge is 0.481 e. The van der Waals surface area contributed by atoms with E-state index >= 15 is 0 Å². The third-order valence-electron chi connectivity index (χ3n) is 8.12. The fourth-order valence-electron chi connectivity index (χ4n) is 5.93. The molecule has 0 spiro atoms. The number of carbonyl (C=O) groups is 3. The van der Waals surface area contributed by atoms with E-state index in [4.69, 9.17) is 4.98 Å². The quantitative estimate of drug-likeness (QED) is 0.243. The van der Waals surface area contributed by atoms with Gasteiger partial charge in [-0.25, -0.2) is 9.97 Å². The first-order valence-corrected chi connectivity index (χ1v) is 15.4. The van der Waals surface area contributed by atoms with Crippen molar-refractivity contribution < 1.29 is 19.5 Å². The predicted octanol–water partition coefficient (Wildman–Crippen LogP) is 6.24. The lowest BCUT2D eigenvalue weighted by molar-refractivity contribution is -0.141. The number of aromatic nitrogens is 2. The molecule has 8 nitrogen and oxygen atoms in total. The Bertz CT molecular complexity index is 1650.